The molecule has 0 aliphatic heterocycles. The van der Waals surface area contributed by atoms with E-state index >= 15 is 0 Å². The van der Waals surface area contributed by atoms with Crippen LogP contribution in [0.15, 0.2) is 21.3 Å². The van der Waals surface area contributed by atoms with Crippen molar-refractivity contribution >= 4 is 38.6 Å². The Bertz CT molecular complexity index is 569. The fourth-order valence-electron chi connectivity index (χ4n) is 2.05. The van der Waals surface area contributed by atoms with Crippen LogP contribution in [0.25, 0.3) is 0 Å². The smallest absolute Gasteiger partial charge is 0.0947 e. The lowest BCUT2D eigenvalue weighted by atomic mass is 9.93. The van der Waals surface area contributed by atoms with Gasteiger partial charge in [0.1, 0.15) is 0 Å². The van der Waals surface area contributed by atoms with Crippen molar-refractivity contribution in [3.8, 4) is 0 Å². The molecule has 1 N–H and O–H groups in total. The van der Waals surface area contributed by atoms with Crippen LogP contribution in [-0.4, -0.2) is 11.5 Å². The second-order valence-corrected chi connectivity index (χ2v) is 8.96. The number of thiophene rings is 1. The lowest BCUT2D eigenvalue weighted by Crippen LogP contribution is -2.23. The van der Waals surface area contributed by atoms with E-state index in [4.69, 9.17) is 4.98 Å². The molecule has 21 heavy (non-hydrogen) atoms. The van der Waals surface area contributed by atoms with Crippen molar-refractivity contribution in [1.82, 2.24) is 10.3 Å². The Hall–Kier alpha value is -0.230. The summed E-state index contributed by atoms with van der Waals surface area (Å²) in [6.45, 7) is 9.89. The van der Waals surface area contributed by atoms with Gasteiger partial charge in [-0.2, -0.15) is 0 Å². The van der Waals surface area contributed by atoms with Crippen LogP contribution in [0, 0.1) is 0 Å². The highest BCUT2D eigenvalue weighted by molar-refractivity contribution is 9.10. The Balaban J connectivity index is 2.15. The average molecular weight is 387 g/mol. The van der Waals surface area contributed by atoms with Crippen molar-refractivity contribution in [3.63, 3.8) is 0 Å². The number of hydrogen-bond donors (Lipinski definition) is 1. The van der Waals surface area contributed by atoms with Gasteiger partial charge in [0, 0.05) is 32.6 Å². The summed E-state index contributed by atoms with van der Waals surface area (Å²) < 4.78 is 1.20. The summed E-state index contributed by atoms with van der Waals surface area (Å²) in [5.41, 5.74) is 1.33. The molecule has 5 heteroatoms. The van der Waals surface area contributed by atoms with E-state index in [1.165, 1.54) is 20.1 Å². The molecule has 0 aliphatic carbocycles. The Morgan fingerprint density at radius 2 is 2.10 bits per heavy atom. The van der Waals surface area contributed by atoms with E-state index in [-0.39, 0.29) is 5.41 Å². The topological polar surface area (TPSA) is 24.9 Å². The normalized spacial score (nSPS) is 13.6. The van der Waals surface area contributed by atoms with Crippen molar-refractivity contribution in [2.75, 3.05) is 6.54 Å². The molecule has 0 amide bonds. The second kappa shape index (κ2) is 7.36. The van der Waals surface area contributed by atoms with Gasteiger partial charge >= 0.3 is 0 Å². The van der Waals surface area contributed by atoms with Gasteiger partial charge in [-0.1, -0.05) is 27.7 Å². The summed E-state index contributed by atoms with van der Waals surface area (Å²) in [5, 5.41) is 9.22. The number of nitrogens with zero attached hydrogens (tertiary/aromatic N) is 1. The van der Waals surface area contributed by atoms with Crippen molar-refractivity contribution < 1.29 is 0 Å². The molecule has 116 valence electrons. The predicted molar refractivity (Wildman–Crippen MR) is 97.6 cm³/mol. The molecule has 2 nitrogen and oxygen atoms in total. The molecule has 2 aromatic heterocycles. The minimum Gasteiger partial charge on any atom is -0.309 e. The third kappa shape index (κ3) is 4.62. The van der Waals surface area contributed by atoms with Gasteiger partial charge in [0.25, 0.3) is 0 Å². The fraction of sp³-hybridized carbons (Fsp3) is 0.562. The average Bonchev–Trinajstić information content (AvgIpc) is 3.02. The van der Waals surface area contributed by atoms with Crippen LogP contribution < -0.4 is 5.32 Å². The largest absolute Gasteiger partial charge is 0.309 e. The molecule has 0 fully saturated rings. The summed E-state index contributed by atoms with van der Waals surface area (Å²) >= 11 is 7.25. The van der Waals surface area contributed by atoms with Crippen molar-refractivity contribution in [2.24, 2.45) is 0 Å². The van der Waals surface area contributed by atoms with Crippen LogP contribution in [0.5, 0.6) is 0 Å². The first-order valence-corrected chi connectivity index (χ1v) is 9.88. The van der Waals surface area contributed by atoms with Crippen LogP contribution in [0.2, 0.25) is 0 Å². The molecule has 0 saturated carbocycles. The maximum atomic E-state index is 4.84. The first-order valence-electron chi connectivity index (χ1n) is 7.33. The molecule has 2 aromatic rings. The number of hydrogen-bond acceptors (Lipinski definition) is 4. The number of nitrogens with one attached hydrogen (secondary N) is 1. The monoisotopic (exact) mass is 386 g/mol. The Morgan fingerprint density at radius 3 is 2.62 bits per heavy atom. The van der Waals surface area contributed by atoms with Gasteiger partial charge in [-0.05, 0) is 40.3 Å². The maximum Gasteiger partial charge on any atom is 0.0947 e. The van der Waals surface area contributed by atoms with Gasteiger partial charge in [0.2, 0.25) is 0 Å². The minimum atomic E-state index is 0.130. The molecule has 0 aromatic carbocycles. The van der Waals surface area contributed by atoms with Crippen LogP contribution in [0.3, 0.4) is 0 Å². The number of rotatable bonds is 6. The first-order chi connectivity index (χ1) is 9.91. The minimum absolute atomic E-state index is 0.130. The molecular weight excluding hydrogens is 364 g/mol. The van der Waals surface area contributed by atoms with E-state index in [0.29, 0.717) is 6.04 Å². The molecule has 0 radical (unpaired) electrons. The summed E-state index contributed by atoms with van der Waals surface area (Å²) in [5.74, 6) is 0. The Labute approximate surface area is 144 Å². The standard InChI is InChI=1S/C16H23BrN2S2/c1-5-7-18-12(15-11(17)6-8-20-15)9-14-19-13(10-21-14)16(2,3)4/h6,8,10,12,18H,5,7,9H2,1-4H3. The second-order valence-electron chi connectivity index (χ2n) is 6.22. The maximum absolute atomic E-state index is 4.84. The summed E-state index contributed by atoms with van der Waals surface area (Å²) in [7, 11) is 0. The molecule has 2 heterocycles. The first kappa shape index (κ1) is 17.1. The fourth-order valence-corrected chi connectivity index (χ4v) is 4.85. The van der Waals surface area contributed by atoms with Crippen LogP contribution >= 0.6 is 38.6 Å². The summed E-state index contributed by atoms with van der Waals surface area (Å²) in [4.78, 5) is 6.21. The zero-order valence-corrected chi connectivity index (χ0v) is 16.3. The highest BCUT2D eigenvalue weighted by Gasteiger charge is 2.21. The lowest BCUT2D eigenvalue weighted by Gasteiger charge is -2.17. The van der Waals surface area contributed by atoms with Gasteiger partial charge in [-0.25, -0.2) is 4.98 Å². The van der Waals surface area contributed by atoms with E-state index in [1.54, 1.807) is 11.3 Å². The van der Waals surface area contributed by atoms with E-state index in [0.717, 1.165) is 19.4 Å². The summed E-state index contributed by atoms with van der Waals surface area (Å²) in [6, 6.07) is 2.47. The molecular formula is C16H23BrN2S2. The van der Waals surface area contributed by atoms with Crippen molar-refractivity contribution in [1.29, 1.82) is 0 Å². The summed E-state index contributed by atoms with van der Waals surface area (Å²) in [6.07, 6.45) is 2.10. The Morgan fingerprint density at radius 1 is 1.33 bits per heavy atom. The van der Waals surface area contributed by atoms with E-state index in [9.17, 15) is 0 Å². The lowest BCUT2D eigenvalue weighted by molar-refractivity contribution is 0.528. The van der Waals surface area contributed by atoms with E-state index in [2.05, 4.69) is 65.8 Å². The third-order valence-corrected chi connectivity index (χ3v) is 6.16. The van der Waals surface area contributed by atoms with Gasteiger partial charge in [-0.15, -0.1) is 22.7 Å². The van der Waals surface area contributed by atoms with Gasteiger partial charge in [0.15, 0.2) is 0 Å². The molecule has 0 bridgehead atoms. The van der Waals surface area contributed by atoms with E-state index < -0.39 is 0 Å². The van der Waals surface area contributed by atoms with Crippen molar-refractivity contribution in [3.05, 3.63) is 36.9 Å². The molecule has 2 rings (SSSR count). The SMILES string of the molecule is CCCNC(Cc1nc(C(C)(C)C)cs1)c1sccc1Br. The van der Waals surface area contributed by atoms with Crippen molar-refractivity contribution in [2.45, 2.75) is 52.0 Å². The molecule has 0 aliphatic rings. The molecule has 0 saturated heterocycles. The van der Waals surface area contributed by atoms with Crippen LogP contribution in [0.4, 0.5) is 0 Å². The number of thiazole rings is 1. The molecule has 1 atom stereocenters. The third-order valence-electron chi connectivity index (χ3n) is 3.30. The zero-order valence-electron chi connectivity index (χ0n) is 13.1. The number of halogens is 1. The zero-order chi connectivity index (χ0) is 15.5. The van der Waals surface area contributed by atoms with Crippen LogP contribution in [0.1, 0.15) is 55.7 Å². The predicted octanol–water partition coefficient (Wildman–Crippen LogP) is 5.55. The van der Waals surface area contributed by atoms with E-state index in [1.807, 2.05) is 11.3 Å². The molecule has 1 unspecified atom stereocenters. The quantitative estimate of drug-likeness (QED) is 0.703. The highest BCUT2D eigenvalue weighted by Crippen LogP contribution is 2.32. The van der Waals surface area contributed by atoms with Gasteiger partial charge in [0.05, 0.1) is 10.7 Å². The van der Waals surface area contributed by atoms with Gasteiger partial charge in [-0.3, -0.25) is 0 Å². The number of aromatic nitrogens is 1. The Kier molecular flexibility index (Phi) is 6.00. The van der Waals surface area contributed by atoms with Gasteiger partial charge < -0.3 is 5.32 Å². The highest BCUT2D eigenvalue weighted by atomic mass is 79.9. The molecule has 0 spiro atoms. The van der Waals surface area contributed by atoms with Crippen LogP contribution in [-0.2, 0) is 11.8 Å².